The lowest BCUT2D eigenvalue weighted by atomic mass is 9.92. The first-order valence-corrected chi connectivity index (χ1v) is 4.16. The molecule has 2 fully saturated rings. The molecule has 0 amide bonds. The van der Waals surface area contributed by atoms with Gasteiger partial charge < -0.3 is 0 Å². The molecule has 0 aromatic carbocycles. The van der Waals surface area contributed by atoms with Crippen LogP contribution in [0.25, 0.3) is 0 Å². The molecule has 1 saturated carbocycles. The van der Waals surface area contributed by atoms with Crippen LogP contribution in [0, 0.1) is 22.7 Å². The summed E-state index contributed by atoms with van der Waals surface area (Å²) in [6, 6.07) is 2.35. The largest absolute Gasteiger partial charge is 0.269 e. The second kappa shape index (κ2) is 2.20. The number of nitrogens with zero attached hydrogens (tertiary/aromatic N) is 2. The van der Waals surface area contributed by atoms with Gasteiger partial charge in [0.2, 0.25) is 0 Å². The predicted octanol–water partition coefficient (Wildman–Crippen LogP) is 0.486. The van der Waals surface area contributed by atoms with Gasteiger partial charge in [-0.15, -0.1) is 0 Å². The molecule has 0 aromatic heterocycles. The van der Waals surface area contributed by atoms with Gasteiger partial charge in [-0.1, -0.05) is 0 Å². The lowest BCUT2D eigenvalue weighted by Gasteiger charge is -2.28. The molecule has 2 N–H and O–H groups in total. The van der Waals surface area contributed by atoms with Crippen LogP contribution in [0.3, 0.4) is 0 Å². The van der Waals surface area contributed by atoms with E-state index in [1.165, 1.54) is 0 Å². The van der Waals surface area contributed by atoms with Crippen LogP contribution in [0.4, 0.5) is 0 Å². The molecule has 1 heterocycles. The number of hydrogen-bond donors (Lipinski definition) is 1. The highest BCUT2D eigenvalue weighted by atomic mass is 15.4. The zero-order valence-corrected chi connectivity index (χ0v) is 6.58. The highest BCUT2D eigenvalue weighted by Crippen LogP contribution is 2.58. The van der Waals surface area contributed by atoms with Gasteiger partial charge in [-0.25, -0.2) is 5.01 Å². The molecule has 11 heavy (non-hydrogen) atoms. The van der Waals surface area contributed by atoms with Crippen molar-refractivity contribution < 1.29 is 0 Å². The molecule has 2 rings (SSSR count). The zero-order valence-electron chi connectivity index (χ0n) is 6.58. The highest BCUT2D eigenvalue weighted by Gasteiger charge is 2.54. The number of rotatable bonds is 0. The number of hydrazine groups is 1. The monoisotopic (exact) mass is 151 g/mol. The molecule has 3 nitrogen and oxygen atoms in total. The first-order valence-electron chi connectivity index (χ1n) is 4.16. The van der Waals surface area contributed by atoms with Crippen LogP contribution in [0.5, 0.6) is 0 Å². The number of nitriles is 1. The third kappa shape index (κ3) is 1.03. The van der Waals surface area contributed by atoms with E-state index in [-0.39, 0.29) is 0 Å². The van der Waals surface area contributed by atoms with Gasteiger partial charge in [0.1, 0.15) is 0 Å². The van der Waals surface area contributed by atoms with Gasteiger partial charge in [0.25, 0.3) is 0 Å². The Morgan fingerprint density at radius 2 is 2.09 bits per heavy atom. The molecule has 1 aliphatic heterocycles. The topological polar surface area (TPSA) is 53.0 Å². The van der Waals surface area contributed by atoms with Gasteiger partial charge in [-0.05, 0) is 24.7 Å². The Bertz CT molecular complexity index is 198. The van der Waals surface area contributed by atoms with Crippen molar-refractivity contribution in [1.29, 1.82) is 5.26 Å². The molecule has 1 atom stereocenters. The summed E-state index contributed by atoms with van der Waals surface area (Å²) in [5, 5.41) is 10.6. The molecule has 0 bridgehead atoms. The van der Waals surface area contributed by atoms with Crippen LogP contribution in [-0.4, -0.2) is 18.1 Å². The van der Waals surface area contributed by atoms with E-state index in [9.17, 15) is 0 Å². The first-order chi connectivity index (χ1) is 5.27. The van der Waals surface area contributed by atoms with Crippen LogP contribution < -0.4 is 5.84 Å². The molecule has 1 spiro atoms. The number of nitrogens with two attached hydrogens (primary N) is 1. The molecule has 3 heteroatoms. The van der Waals surface area contributed by atoms with Crippen LogP contribution in [-0.2, 0) is 0 Å². The summed E-state index contributed by atoms with van der Waals surface area (Å²) in [7, 11) is 0. The molecule has 0 radical (unpaired) electrons. The maximum Gasteiger partial charge on any atom is 0.0661 e. The smallest absolute Gasteiger partial charge is 0.0661 e. The Morgan fingerprint density at radius 3 is 2.55 bits per heavy atom. The minimum atomic E-state index is 0.344. The lowest BCUT2D eigenvalue weighted by molar-refractivity contribution is 0.170. The van der Waals surface area contributed by atoms with E-state index >= 15 is 0 Å². The molecular formula is C8H13N3. The van der Waals surface area contributed by atoms with Gasteiger partial charge in [0, 0.05) is 13.1 Å². The second-order valence-corrected chi connectivity index (χ2v) is 3.78. The van der Waals surface area contributed by atoms with E-state index < -0.39 is 0 Å². The van der Waals surface area contributed by atoms with E-state index in [0.717, 1.165) is 32.4 Å². The Kier molecular flexibility index (Phi) is 1.41. The molecule has 60 valence electrons. The van der Waals surface area contributed by atoms with Gasteiger partial charge in [0.05, 0.1) is 12.0 Å². The number of piperidine rings is 1. The Hall–Kier alpha value is -0.590. The van der Waals surface area contributed by atoms with Crippen molar-refractivity contribution in [2.45, 2.75) is 19.3 Å². The normalized spacial score (nSPS) is 35.1. The highest BCUT2D eigenvalue weighted by molar-refractivity contribution is 5.13. The zero-order chi connectivity index (χ0) is 7.90. The Labute approximate surface area is 66.7 Å². The van der Waals surface area contributed by atoms with Crippen LogP contribution in [0.2, 0.25) is 0 Å². The average Bonchev–Trinajstić information content (AvgIpc) is 2.71. The van der Waals surface area contributed by atoms with Gasteiger partial charge >= 0.3 is 0 Å². The summed E-state index contributed by atoms with van der Waals surface area (Å²) >= 11 is 0. The molecule has 0 aromatic rings. The van der Waals surface area contributed by atoms with Crippen LogP contribution in [0.1, 0.15) is 19.3 Å². The van der Waals surface area contributed by atoms with E-state index in [1.807, 2.05) is 5.01 Å². The summed E-state index contributed by atoms with van der Waals surface area (Å²) in [5.41, 5.74) is 0.393. The standard InChI is InChI=1S/C8H13N3/c9-6-7-5-8(7)1-3-11(10)4-2-8/h7H,1-5,10H2. The van der Waals surface area contributed by atoms with E-state index in [0.29, 0.717) is 11.3 Å². The Morgan fingerprint density at radius 1 is 1.45 bits per heavy atom. The van der Waals surface area contributed by atoms with Crippen molar-refractivity contribution in [3.05, 3.63) is 0 Å². The molecule has 1 aliphatic carbocycles. The molecule has 2 aliphatic rings. The minimum Gasteiger partial charge on any atom is -0.269 e. The fraction of sp³-hybridized carbons (Fsp3) is 0.875. The van der Waals surface area contributed by atoms with Crippen molar-refractivity contribution in [3.63, 3.8) is 0 Å². The summed E-state index contributed by atoms with van der Waals surface area (Å²) in [6.45, 7) is 1.94. The minimum absolute atomic E-state index is 0.344. The van der Waals surface area contributed by atoms with Crippen molar-refractivity contribution >= 4 is 0 Å². The van der Waals surface area contributed by atoms with Crippen LogP contribution >= 0.6 is 0 Å². The van der Waals surface area contributed by atoms with Gasteiger partial charge in [0.15, 0.2) is 0 Å². The van der Waals surface area contributed by atoms with Crippen molar-refractivity contribution in [2.24, 2.45) is 17.2 Å². The van der Waals surface area contributed by atoms with Gasteiger partial charge in [-0.3, -0.25) is 5.84 Å². The fourth-order valence-electron chi connectivity index (χ4n) is 2.05. The van der Waals surface area contributed by atoms with Crippen molar-refractivity contribution in [2.75, 3.05) is 13.1 Å². The third-order valence-electron chi connectivity index (χ3n) is 3.14. The first kappa shape index (κ1) is 7.08. The Balaban J connectivity index is 1.95. The molecule has 1 saturated heterocycles. The quantitative estimate of drug-likeness (QED) is 0.512. The fourth-order valence-corrected chi connectivity index (χ4v) is 2.05. The summed E-state index contributed by atoms with van der Waals surface area (Å²) in [6.07, 6.45) is 3.38. The summed E-state index contributed by atoms with van der Waals surface area (Å²) in [5.74, 6) is 5.96. The van der Waals surface area contributed by atoms with E-state index in [4.69, 9.17) is 11.1 Å². The third-order valence-corrected chi connectivity index (χ3v) is 3.14. The van der Waals surface area contributed by atoms with E-state index in [2.05, 4.69) is 6.07 Å². The maximum absolute atomic E-state index is 8.69. The summed E-state index contributed by atoms with van der Waals surface area (Å²) < 4.78 is 0. The van der Waals surface area contributed by atoms with Crippen molar-refractivity contribution in [1.82, 2.24) is 5.01 Å². The van der Waals surface area contributed by atoms with Crippen LogP contribution in [0.15, 0.2) is 0 Å². The number of hydrogen-bond acceptors (Lipinski definition) is 3. The van der Waals surface area contributed by atoms with Crippen molar-refractivity contribution in [3.8, 4) is 6.07 Å². The summed E-state index contributed by atoms with van der Waals surface area (Å²) in [4.78, 5) is 0. The second-order valence-electron chi connectivity index (χ2n) is 3.78. The maximum atomic E-state index is 8.69. The van der Waals surface area contributed by atoms with Gasteiger partial charge in [-0.2, -0.15) is 5.26 Å². The lowest BCUT2D eigenvalue weighted by Crippen LogP contribution is -2.39. The predicted molar refractivity (Wildman–Crippen MR) is 41.1 cm³/mol. The molecule has 1 unspecified atom stereocenters. The van der Waals surface area contributed by atoms with E-state index in [1.54, 1.807) is 0 Å². The molecular weight excluding hydrogens is 138 g/mol. The SMILES string of the molecule is N#CC1CC12CCN(N)CC2. The average molecular weight is 151 g/mol.